The maximum Gasteiger partial charge on any atom is 0.316 e. The second kappa shape index (κ2) is 8.72. The average Bonchev–Trinajstić information content (AvgIpc) is 2.38. The summed E-state index contributed by atoms with van der Waals surface area (Å²) < 4.78 is 5.64. The second-order valence-corrected chi connectivity index (χ2v) is 6.50. The first kappa shape index (κ1) is 16.7. The Balaban J connectivity index is 2.52. The summed E-state index contributed by atoms with van der Waals surface area (Å²) in [5.41, 5.74) is 0.911. The number of hydrogen-bond donors (Lipinski definition) is 1. The van der Waals surface area contributed by atoms with Crippen molar-refractivity contribution in [3.63, 3.8) is 0 Å². The van der Waals surface area contributed by atoms with Crippen molar-refractivity contribution in [3.05, 3.63) is 29.8 Å². The lowest BCUT2D eigenvalue weighted by Crippen LogP contribution is -2.15. The summed E-state index contributed by atoms with van der Waals surface area (Å²) in [6.07, 6.45) is 1.69. The van der Waals surface area contributed by atoms with E-state index in [1.165, 1.54) is 0 Å². The fourth-order valence-corrected chi connectivity index (χ4v) is 2.27. The fourth-order valence-electron chi connectivity index (χ4n) is 1.38. The molecule has 0 saturated carbocycles. The number of rotatable bonds is 7. The quantitative estimate of drug-likeness (QED) is 0.277. The first-order chi connectivity index (χ1) is 9.02. The minimum absolute atomic E-state index is 0.235. The van der Waals surface area contributed by atoms with Crippen molar-refractivity contribution in [3.8, 4) is 5.75 Å². The lowest BCUT2D eigenvalue weighted by molar-refractivity contribution is -0.136. The minimum Gasteiger partial charge on any atom is -0.480 e. The van der Waals surface area contributed by atoms with Gasteiger partial charge in [0.2, 0.25) is 0 Å². The van der Waals surface area contributed by atoms with E-state index in [0.29, 0.717) is 18.6 Å². The Bertz CT molecular complexity index is 431. The summed E-state index contributed by atoms with van der Waals surface area (Å²) in [5, 5.41) is 8.82. The Morgan fingerprint density at radius 2 is 1.89 bits per heavy atom. The molecule has 19 heavy (non-hydrogen) atoms. The molecule has 1 rings (SSSR count). The van der Waals surface area contributed by atoms with Crippen LogP contribution in [0.3, 0.4) is 0 Å². The lowest BCUT2D eigenvalue weighted by Gasteiger charge is -2.07. The molecule has 0 aliphatic carbocycles. The molecule has 0 radical (unpaired) electrons. The van der Waals surface area contributed by atoms with Gasteiger partial charge in [0.25, 0.3) is 0 Å². The first-order valence-corrected chi connectivity index (χ1v) is 8.52. The van der Waals surface area contributed by atoms with E-state index in [2.05, 4.69) is 22.6 Å². The zero-order chi connectivity index (χ0) is 14.3. The van der Waals surface area contributed by atoms with Gasteiger partial charge in [-0.05, 0) is 30.5 Å². The van der Waals surface area contributed by atoms with Crippen molar-refractivity contribution in [2.45, 2.75) is 23.2 Å². The predicted molar refractivity (Wildman–Crippen MR) is 89.3 cm³/mol. The molecule has 0 saturated heterocycles. The highest BCUT2D eigenvalue weighted by Crippen LogP contribution is 2.16. The van der Waals surface area contributed by atoms with Gasteiger partial charge >= 0.3 is 11.9 Å². The summed E-state index contributed by atoms with van der Waals surface area (Å²) in [7, 11) is 0. The van der Waals surface area contributed by atoms with Crippen LogP contribution in [0.2, 0.25) is 0 Å². The normalized spacial score (nSPS) is 11.9. The number of alkyl halides is 2. The standard InChI is InChI=1S/C13H14I2O4/c14-7-1-2-12(16)19-10-5-3-9(4-6-10)8-11(15)13(17)18/h3-6,11H,1-2,7-8H2,(H,17,18). The molecule has 0 aromatic heterocycles. The molecule has 0 amide bonds. The van der Waals surface area contributed by atoms with E-state index in [1.807, 2.05) is 22.6 Å². The van der Waals surface area contributed by atoms with Gasteiger partial charge in [-0.1, -0.05) is 57.3 Å². The molecule has 0 spiro atoms. The number of ether oxygens (including phenoxy) is 1. The third-order valence-electron chi connectivity index (χ3n) is 2.35. The molecular weight excluding hydrogens is 474 g/mol. The van der Waals surface area contributed by atoms with Crippen LogP contribution in [0.4, 0.5) is 0 Å². The zero-order valence-electron chi connectivity index (χ0n) is 10.1. The molecule has 0 bridgehead atoms. The van der Waals surface area contributed by atoms with Crippen molar-refractivity contribution in [1.82, 2.24) is 0 Å². The topological polar surface area (TPSA) is 63.6 Å². The van der Waals surface area contributed by atoms with Crippen LogP contribution in [-0.4, -0.2) is 25.4 Å². The van der Waals surface area contributed by atoms with Gasteiger partial charge in [0.15, 0.2) is 0 Å². The summed E-state index contributed by atoms with van der Waals surface area (Å²) in [6.45, 7) is 0. The number of carbonyl (C=O) groups is 2. The van der Waals surface area contributed by atoms with Gasteiger partial charge in [-0.3, -0.25) is 9.59 Å². The van der Waals surface area contributed by atoms with E-state index >= 15 is 0 Å². The van der Waals surface area contributed by atoms with Crippen molar-refractivity contribution in [2.75, 3.05) is 4.43 Å². The van der Waals surface area contributed by atoms with Crippen LogP contribution < -0.4 is 4.74 Å². The number of carbonyl (C=O) groups excluding carboxylic acids is 1. The van der Waals surface area contributed by atoms with Gasteiger partial charge in [-0.2, -0.15) is 0 Å². The molecule has 1 aromatic carbocycles. The molecular formula is C13H14I2O4. The molecule has 1 aromatic rings. The third-order valence-corrected chi connectivity index (χ3v) is 4.09. The van der Waals surface area contributed by atoms with Gasteiger partial charge in [0.1, 0.15) is 9.67 Å². The summed E-state index contributed by atoms with van der Waals surface area (Å²) in [6, 6.07) is 6.97. The maximum absolute atomic E-state index is 11.4. The summed E-state index contributed by atoms with van der Waals surface area (Å²) in [5.74, 6) is -0.556. The highest BCUT2D eigenvalue weighted by atomic mass is 127. The van der Waals surface area contributed by atoms with E-state index in [4.69, 9.17) is 9.84 Å². The Labute approximate surface area is 139 Å². The Morgan fingerprint density at radius 3 is 2.42 bits per heavy atom. The molecule has 0 fully saturated rings. The number of aliphatic carboxylic acids is 1. The molecule has 0 aliphatic rings. The number of halogens is 2. The highest BCUT2D eigenvalue weighted by Gasteiger charge is 2.13. The van der Waals surface area contributed by atoms with Crippen LogP contribution in [0.15, 0.2) is 24.3 Å². The van der Waals surface area contributed by atoms with Gasteiger partial charge < -0.3 is 9.84 Å². The van der Waals surface area contributed by atoms with Gasteiger partial charge in [-0.25, -0.2) is 0 Å². The molecule has 0 aliphatic heterocycles. The summed E-state index contributed by atoms with van der Waals surface area (Å²) in [4.78, 5) is 22.2. The molecule has 104 valence electrons. The first-order valence-electron chi connectivity index (χ1n) is 5.75. The Kier molecular flexibility index (Phi) is 7.66. The second-order valence-electron chi connectivity index (χ2n) is 3.92. The van der Waals surface area contributed by atoms with Gasteiger partial charge in [0, 0.05) is 10.8 Å². The van der Waals surface area contributed by atoms with Gasteiger partial charge in [0.05, 0.1) is 0 Å². The van der Waals surface area contributed by atoms with Crippen molar-refractivity contribution in [1.29, 1.82) is 0 Å². The average molecular weight is 488 g/mol. The smallest absolute Gasteiger partial charge is 0.316 e. The summed E-state index contributed by atoms with van der Waals surface area (Å²) >= 11 is 4.11. The van der Waals surface area contributed by atoms with Crippen LogP contribution in [0, 0.1) is 0 Å². The number of carboxylic acid groups (broad SMARTS) is 1. The molecule has 1 N–H and O–H groups in total. The zero-order valence-corrected chi connectivity index (χ0v) is 14.5. The fraction of sp³-hybridized carbons (Fsp3) is 0.385. The van der Waals surface area contributed by atoms with Crippen molar-refractivity contribution >= 4 is 57.1 Å². The van der Waals surface area contributed by atoms with E-state index in [1.54, 1.807) is 24.3 Å². The molecule has 0 heterocycles. The molecule has 1 unspecified atom stereocenters. The Morgan fingerprint density at radius 1 is 1.26 bits per heavy atom. The van der Waals surface area contributed by atoms with Crippen molar-refractivity contribution in [2.24, 2.45) is 0 Å². The van der Waals surface area contributed by atoms with Crippen LogP contribution in [0.5, 0.6) is 5.75 Å². The van der Waals surface area contributed by atoms with E-state index < -0.39 is 9.89 Å². The highest BCUT2D eigenvalue weighted by molar-refractivity contribution is 14.1. The number of benzene rings is 1. The number of esters is 1. The van der Waals surface area contributed by atoms with E-state index in [9.17, 15) is 9.59 Å². The Hall–Kier alpha value is -0.380. The lowest BCUT2D eigenvalue weighted by atomic mass is 10.1. The molecule has 4 nitrogen and oxygen atoms in total. The third kappa shape index (κ3) is 6.55. The van der Waals surface area contributed by atoms with Crippen LogP contribution in [-0.2, 0) is 16.0 Å². The van der Waals surface area contributed by atoms with Crippen molar-refractivity contribution < 1.29 is 19.4 Å². The monoisotopic (exact) mass is 488 g/mol. The van der Waals surface area contributed by atoms with E-state index in [-0.39, 0.29) is 5.97 Å². The minimum atomic E-state index is -0.824. The number of carboxylic acids is 1. The largest absolute Gasteiger partial charge is 0.480 e. The van der Waals surface area contributed by atoms with E-state index in [0.717, 1.165) is 16.4 Å². The maximum atomic E-state index is 11.4. The van der Waals surface area contributed by atoms with Gasteiger partial charge in [-0.15, -0.1) is 0 Å². The van der Waals surface area contributed by atoms with Crippen LogP contribution >= 0.6 is 45.2 Å². The molecule has 1 atom stereocenters. The number of hydrogen-bond acceptors (Lipinski definition) is 3. The van der Waals surface area contributed by atoms with Crippen LogP contribution in [0.1, 0.15) is 18.4 Å². The predicted octanol–water partition coefficient (Wildman–Crippen LogP) is 3.24. The SMILES string of the molecule is O=C(CCCI)Oc1ccc(CC(I)C(=O)O)cc1. The molecule has 6 heteroatoms. The van der Waals surface area contributed by atoms with Crippen LogP contribution in [0.25, 0.3) is 0 Å².